The van der Waals surface area contributed by atoms with Crippen molar-refractivity contribution >= 4 is 44.3 Å². The van der Waals surface area contributed by atoms with Gasteiger partial charge in [-0.2, -0.15) is 4.98 Å². The van der Waals surface area contributed by atoms with Crippen molar-refractivity contribution in [1.29, 1.82) is 0 Å². The second kappa shape index (κ2) is 8.92. The number of hydrogen-bond acceptors (Lipinski definition) is 5. The zero-order valence-corrected chi connectivity index (χ0v) is 19.7. The summed E-state index contributed by atoms with van der Waals surface area (Å²) in [6.45, 7) is 5.19. The summed E-state index contributed by atoms with van der Waals surface area (Å²) in [5.74, 6) is 1.32. The number of benzene rings is 2. The molecule has 4 N–H and O–H groups in total. The smallest absolute Gasteiger partial charge is 0.229 e. The summed E-state index contributed by atoms with van der Waals surface area (Å²) in [6.07, 6.45) is 6.24. The molecule has 3 heterocycles. The van der Waals surface area contributed by atoms with Crippen LogP contribution in [-0.4, -0.2) is 28.0 Å². The molecule has 0 spiro atoms. The Kier molecular flexibility index (Phi) is 5.85. The highest BCUT2D eigenvalue weighted by atomic mass is 79.9. The van der Waals surface area contributed by atoms with Crippen LogP contribution < -0.4 is 16.0 Å². The topological polar surface area (TPSA) is 77.7 Å². The molecular weight excluding hydrogens is 464 g/mol. The van der Waals surface area contributed by atoms with E-state index < -0.39 is 0 Å². The molecule has 1 fully saturated rings. The van der Waals surface area contributed by atoms with Crippen molar-refractivity contribution in [2.45, 2.75) is 31.7 Å². The molecule has 1 aliphatic heterocycles. The Labute approximate surface area is 196 Å². The average Bonchev–Trinajstić information content (AvgIpc) is 3.25. The van der Waals surface area contributed by atoms with E-state index in [-0.39, 0.29) is 5.41 Å². The molecule has 5 rings (SSSR count). The number of hydrogen-bond donors (Lipinski definition) is 4. The number of halogens is 1. The lowest BCUT2D eigenvalue weighted by Crippen LogP contribution is -2.37. The van der Waals surface area contributed by atoms with Crippen LogP contribution in [0.1, 0.15) is 30.9 Å². The molecule has 0 atom stereocenters. The van der Waals surface area contributed by atoms with Gasteiger partial charge >= 0.3 is 0 Å². The number of piperidine rings is 1. The lowest BCUT2D eigenvalue weighted by Gasteiger charge is -2.34. The molecule has 2 aromatic carbocycles. The molecule has 0 bridgehead atoms. The first-order valence-corrected chi connectivity index (χ1v) is 11.8. The van der Waals surface area contributed by atoms with E-state index >= 15 is 0 Å². The van der Waals surface area contributed by atoms with E-state index in [0.29, 0.717) is 12.5 Å². The molecule has 0 amide bonds. The number of nitrogens with one attached hydrogen (secondary N) is 4. The summed E-state index contributed by atoms with van der Waals surface area (Å²) >= 11 is 3.55. The normalized spacial score (nSPS) is 15.6. The van der Waals surface area contributed by atoms with Crippen LogP contribution in [0.3, 0.4) is 0 Å². The van der Waals surface area contributed by atoms with Gasteiger partial charge in [-0.15, -0.1) is 0 Å². The lowest BCUT2D eigenvalue weighted by molar-refractivity contribution is 0.337. The maximum Gasteiger partial charge on any atom is 0.229 e. The number of H-pyrrole nitrogens is 1. The second-order valence-electron chi connectivity index (χ2n) is 8.63. The van der Waals surface area contributed by atoms with Gasteiger partial charge in [0, 0.05) is 35.5 Å². The van der Waals surface area contributed by atoms with Crippen LogP contribution in [0.2, 0.25) is 0 Å². The van der Waals surface area contributed by atoms with Gasteiger partial charge in [0.05, 0.1) is 4.47 Å². The molecular formula is C25H27BrN6. The molecule has 0 aliphatic carbocycles. The third-order valence-electron chi connectivity index (χ3n) is 6.34. The molecule has 0 unspecified atom stereocenters. The van der Waals surface area contributed by atoms with Crippen LogP contribution >= 0.6 is 15.9 Å². The van der Waals surface area contributed by atoms with E-state index in [2.05, 4.69) is 90.3 Å². The van der Waals surface area contributed by atoms with E-state index in [1.54, 1.807) is 6.20 Å². The minimum absolute atomic E-state index is 0.185. The van der Waals surface area contributed by atoms with Crippen molar-refractivity contribution in [2.75, 3.05) is 23.7 Å². The van der Waals surface area contributed by atoms with Gasteiger partial charge in [-0.25, -0.2) is 4.98 Å². The fourth-order valence-electron chi connectivity index (χ4n) is 4.41. The maximum atomic E-state index is 4.68. The van der Waals surface area contributed by atoms with Crippen molar-refractivity contribution in [3.8, 4) is 0 Å². The summed E-state index contributed by atoms with van der Waals surface area (Å²) < 4.78 is 0.834. The van der Waals surface area contributed by atoms with E-state index in [9.17, 15) is 0 Å². The SMILES string of the molecule is CC1(c2c[nH]c3ccc(Nc4ncc(Br)c(NCc5ccccc5)n4)cc23)CCNCC1. The Bertz CT molecular complexity index is 1210. The van der Waals surface area contributed by atoms with Crippen molar-refractivity contribution in [2.24, 2.45) is 0 Å². The van der Waals surface area contributed by atoms with Crippen LogP contribution in [0.25, 0.3) is 10.9 Å². The van der Waals surface area contributed by atoms with Crippen molar-refractivity contribution < 1.29 is 0 Å². The molecule has 0 radical (unpaired) electrons. The molecule has 4 aromatic rings. The van der Waals surface area contributed by atoms with Gasteiger partial charge in [0.15, 0.2) is 0 Å². The number of nitrogens with zero attached hydrogens (tertiary/aromatic N) is 2. The highest BCUT2D eigenvalue weighted by molar-refractivity contribution is 9.10. The van der Waals surface area contributed by atoms with Gasteiger partial charge in [0.2, 0.25) is 5.95 Å². The predicted octanol–water partition coefficient (Wildman–Crippen LogP) is 5.72. The molecule has 6 nitrogen and oxygen atoms in total. The number of rotatable bonds is 6. The third-order valence-corrected chi connectivity index (χ3v) is 6.92. The first kappa shape index (κ1) is 21.0. The van der Waals surface area contributed by atoms with E-state index in [1.165, 1.54) is 16.5 Å². The van der Waals surface area contributed by atoms with Gasteiger partial charge in [-0.05, 0) is 76.6 Å². The predicted molar refractivity (Wildman–Crippen MR) is 135 cm³/mol. The Morgan fingerprint density at radius 2 is 1.91 bits per heavy atom. The number of anilines is 3. The zero-order valence-electron chi connectivity index (χ0n) is 18.1. The van der Waals surface area contributed by atoms with Gasteiger partial charge in [0.25, 0.3) is 0 Å². The summed E-state index contributed by atoms with van der Waals surface area (Å²) in [5.41, 5.74) is 4.91. The van der Waals surface area contributed by atoms with E-state index in [1.807, 2.05) is 18.2 Å². The highest BCUT2D eigenvalue weighted by Gasteiger charge is 2.31. The molecule has 0 saturated carbocycles. The van der Waals surface area contributed by atoms with Crippen LogP contribution in [0.5, 0.6) is 0 Å². The minimum Gasteiger partial charge on any atom is -0.365 e. The Morgan fingerprint density at radius 3 is 2.72 bits per heavy atom. The summed E-state index contributed by atoms with van der Waals surface area (Å²) in [6, 6.07) is 16.7. The molecule has 1 aliphatic rings. The largest absolute Gasteiger partial charge is 0.365 e. The number of aromatic amines is 1. The van der Waals surface area contributed by atoms with Crippen LogP contribution in [0.4, 0.5) is 17.5 Å². The standard InChI is InChI=1S/C25H27BrN6/c1-25(9-11-27-12-10-25)20-15-28-22-8-7-18(13-19(20)22)31-24-30-16-21(26)23(32-24)29-14-17-5-3-2-4-6-17/h2-8,13,15-16,27-28H,9-12,14H2,1H3,(H2,29,30,31,32). The monoisotopic (exact) mass is 490 g/mol. The van der Waals surface area contributed by atoms with Crippen LogP contribution in [0, 0.1) is 0 Å². The average molecular weight is 491 g/mol. The first-order valence-electron chi connectivity index (χ1n) is 11.0. The van der Waals surface area contributed by atoms with Gasteiger partial charge in [-0.1, -0.05) is 37.3 Å². The van der Waals surface area contributed by atoms with Gasteiger partial charge < -0.3 is 20.9 Å². The summed E-state index contributed by atoms with van der Waals surface area (Å²) in [5, 5.41) is 11.5. The molecule has 164 valence electrons. The van der Waals surface area contributed by atoms with Gasteiger partial charge in [0.1, 0.15) is 5.82 Å². The highest BCUT2D eigenvalue weighted by Crippen LogP contribution is 2.38. The van der Waals surface area contributed by atoms with Crippen LogP contribution in [0.15, 0.2) is 65.4 Å². The van der Waals surface area contributed by atoms with Crippen molar-refractivity contribution in [3.63, 3.8) is 0 Å². The molecule has 1 saturated heterocycles. The van der Waals surface area contributed by atoms with Gasteiger partial charge in [-0.3, -0.25) is 0 Å². The fourth-order valence-corrected chi connectivity index (χ4v) is 4.74. The Balaban J connectivity index is 1.38. The molecule has 7 heteroatoms. The second-order valence-corrected chi connectivity index (χ2v) is 9.48. The Morgan fingerprint density at radius 1 is 1.09 bits per heavy atom. The molecule has 2 aromatic heterocycles. The number of fused-ring (bicyclic) bond motifs is 1. The number of aromatic nitrogens is 3. The summed E-state index contributed by atoms with van der Waals surface area (Å²) in [7, 11) is 0. The zero-order chi connectivity index (χ0) is 22.0. The summed E-state index contributed by atoms with van der Waals surface area (Å²) in [4.78, 5) is 12.6. The Hall–Kier alpha value is -2.90. The van der Waals surface area contributed by atoms with Crippen LogP contribution in [-0.2, 0) is 12.0 Å². The van der Waals surface area contributed by atoms with E-state index in [0.717, 1.165) is 47.4 Å². The minimum atomic E-state index is 0.185. The lowest BCUT2D eigenvalue weighted by atomic mass is 9.75. The van der Waals surface area contributed by atoms with Crippen molar-refractivity contribution in [1.82, 2.24) is 20.3 Å². The maximum absolute atomic E-state index is 4.68. The molecule has 32 heavy (non-hydrogen) atoms. The first-order chi connectivity index (χ1) is 15.6. The van der Waals surface area contributed by atoms with E-state index in [4.69, 9.17) is 0 Å². The third kappa shape index (κ3) is 4.36. The quantitative estimate of drug-likeness (QED) is 0.278. The van der Waals surface area contributed by atoms with Crippen molar-refractivity contribution in [3.05, 3.63) is 76.5 Å². The fraction of sp³-hybridized carbons (Fsp3) is 0.280.